The van der Waals surface area contributed by atoms with Crippen LogP contribution in [-0.4, -0.2) is 50.7 Å². The molecule has 220 valence electrons. The molecule has 0 unspecified atom stereocenters. The fourth-order valence-electron chi connectivity index (χ4n) is 4.53. The molecule has 3 aromatic carbocycles. The number of nitrogens with one attached hydrogen (secondary N) is 1. The van der Waals surface area contributed by atoms with Gasteiger partial charge >= 0.3 is 5.97 Å². The van der Waals surface area contributed by atoms with Crippen LogP contribution in [0, 0.1) is 18.6 Å². The molecule has 1 saturated heterocycles. The number of hydrogen-bond donors (Lipinski definition) is 2. The van der Waals surface area contributed by atoms with Gasteiger partial charge in [-0.15, -0.1) is 37.2 Å². The molecule has 14 heteroatoms. The Kier molecular flexibility index (Phi) is 11.2. The second-order valence-corrected chi connectivity index (χ2v) is 10.7. The van der Waals surface area contributed by atoms with Gasteiger partial charge in [-0.05, 0) is 73.2 Å². The molecule has 0 spiro atoms. The van der Waals surface area contributed by atoms with Crippen LogP contribution < -0.4 is 14.5 Å². The molecule has 0 atom stereocenters. The van der Waals surface area contributed by atoms with E-state index < -0.39 is 21.8 Å². The molecule has 2 N–H and O–H groups in total. The SMILES string of the molecule is Cc1ccc(F)cc1S(=O)(=O)Nc1ccc2nc(N3CCN(c4ccc(F)cc4)CC3)cc(C(=O)O)c2c1.Cl.Cl.Cl. The molecular weight excluding hydrogens is 621 g/mol. The summed E-state index contributed by atoms with van der Waals surface area (Å²) in [5, 5.41) is 10.2. The number of piperazine rings is 1. The number of pyridine rings is 1. The number of anilines is 3. The van der Waals surface area contributed by atoms with Crippen LogP contribution >= 0.6 is 37.2 Å². The van der Waals surface area contributed by atoms with E-state index in [1.54, 1.807) is 25.1 Å². The van der Waals surface area contributed by atoms with Crippen molar-refractivity contribution in [2.24, 2.45) is 0 Å². The van der Waals surface area contributed by atoms with Crippen molar-refractivity contribution in [3.63, 3.8) is 0 Å². The Morgan fingerprint density at radius 2 is 1.46 bits per heavy atom. The number of sulfonamides is 1. The highest BCUT2D eigenvalue weighted by atomic mass is 35.5. The largest absolute Gasteiger partial charge is 0.478 e. The normalized spacial score (nSPS) is 13.0. The third kappa shape index (κ3) is 7.28. The van der Waals surface area contributed by atoms with Crippen LogP contribution in [0.2, 0.25) is 0 Å². The van der Waals surface area contributed by atoms with E-state index in [0.717, 1.165) is 11.8 Å². The predicted octanol–water partition coefficient (Wildman–Crippen LogP) is 5.91. The number of hydrogen-bond acceptors (Lipinski definition) is 6. The lowest BCUT2D eigenvalue weighted by Crippen LogP contribution is -2.46. The molecule has 41 heavy (non-hydrogen) atoms. The summed E-state index contributed by atoms with van der Waals surface area (Å²) in [6, 6.07) is 15.7. The zero-order valence-corrected chi connectivity index (χ0v) is 24.8. The fraction of sp³-hybridized carbons (Fsp3) is 0.185. The summed E-state index contributed by atoms with van der Waals surface area (Å²) in [5.41, 5.74) is 1.79. The van der Waals surface area contributed by atoms with Crippen molar-refractivity contribution in [1.29, 1.82) is 0 Å². The molecule has 8 nitrogen and oxygen atoms in total. The first kappa shape index (κ1) is 33.8. The number of aromatic carboxylic acids is 1. The number of aromatic nitrogens is 1. The van der Waals surface area contributed by atoms with Crippen LogP contribution in [0.5, 0.6) is 0 Å². The van der Waals surface area contributed by atoms with Crippen LogP contribution in [0.15, 0.2) is 71.6 Å². The second kappa shape index (κ2) is 13.5. The number of carbonyl (C=O) groups is 1. The molecular formula is C27H27Cl3F2N4O4S. The van der Waals surface area contributed by atoms with E-state index in [0.29, 0.717) is 43.1 Å². The third-order valence-electron chi connectivity index (χ3n) is 6.51. The lowest BCUT2D eigenvalue weighted by atomic mass is 10.1. The number of carboxylic acids is 1. The average molecular weight is 648 g/mol. The number of fused-ring (bicyclic) bond motifs is 1. The quantitative estimate of drug-likeness (QED) is 0.268. The molecule has 1 aromatic heterocycles. The van der Waals surface area contributed by atoms with Gasteiger partial charge in [0.05, 0.1) is 16.0 Å². The van der Waals surface area contributed by atoms with Crippen molar-refractivity contribution in [2.45, 2.75) is 11.8 Å². The van der Waals surface area contributed by atoms with Crippen molar-refractivity contribution >= 4 is 81.3 Å². The molecule has 0 bridgehead atoms. The Bertz CT molecular complexity index is 1650. The molecule has 0 saturated carbocycles. The number of benzene rings is 3. The van der Waals surface area contributed by atoms with Gasteiger partial charge in [-0.2, -0.15) is 0 Å². The lowest BCUT2D eigenvalue weighted by Gasteiger charge is -2.37. The average Bonchev–Trinajstić information content (AvgIpc) is 2.89. The van der Waals surface area contributed by atoms with E-state index in [1.807, 2.05) is 4.90 Å². The van der Waals surface area contributed by atoms with Crippen molar-refractivity contribution in [2.75, 3.05) is 40.7 Å². The van der Waals surface area contributed by atoms with Gasteiger partial charge in [-0.3, -0.25) is 4.72 Å². The predicted molar refractivity (Wildman–Crippen MR) is 163 cm³/mol. The summed E-state index contributed by atoms with van der Waals surface area (Å²) in [5.74, 6) is -1.66. The third-order valence-corrected chi connectivity index (χ3v) is 8.04. The van der Waals surface area contributed by atoms with Gasteiger partial charge in [-0.1, -0.05) is 6.07 Å². The number of aryl methyl sites for hydroxylation is 1. The summed E-state index contributed by atoms with van der Waals surface area (Å²) < 4.78 is 55.1. The van der Waals surface area contributed by atoms with Crippen molar-refractivity contribution in [3.05, 3.63) is 89.5 Å². The van der Waals surface area contributed by atoms with Gasteiger partial charge in [0, 0.05) is 42.9 Å². The Hall–Kier alpha value is -3.38. The number of nitrogens with zero attached hydrogens (tertiary/aromatic N) is 3. The van der Waals surface area contributed by atoms with Gasteiger partial charge in [0.15, 0.2) is 0 Å². The maximum Gasteiger partial charge on any atom is 0.336 e. The van der Waals surface area contributed by atoms with Crippen LogP contribution in [0.3, 0.4) is 0 Å². The summed E-state index contributed by atoms with van der Waals surface area (Å²) in [6.07, 6.45) is 0. The van der Waals surface area contributed by atoms with E-state index >= 15 is 0 Å². The molecule has 1 aliphatic heterocycles. The second-order valence-electron chi connectivity index (χ2n) is 9.03. The van der Waals surface area contributed by atoms with Crippen LogP contribution in [0.25, 0.3) is 10.9 Å². The zero-order chi connectivity index (χ0) is 27.0. The topological polar surface area (TPSA) is 103 Å². The molecule has 1 aliphatic rings. The first-order valence-corrected chi connectivity index (χ1v) is 13.3. The summed E-state index contributed by atoms with van der Waals surface area (Å²) >= 11 is 0. The maximum absolute atomic E-state index is 13.7. The van der Waals surface area contributed by atoms with Crippen molar-refractivity contribution in [3.8, 4) is 0 Å². The van der Waals surface area contributed by atoms with Crippen molar-refractivity contribution in [1.82, 2.24) is 4.98 Å². The molecule has 4 aromatic rings. The van der Waals surface area contributed by atoms with E-state index in [4.69, 9.17) is 0 Å². The Labute approximate surface area is 254 Å². The van der Waals surface area contributed by atoms with Gasteiger partial charge in [0.1, 0.15) is 17.5 Å². The molecule has 0 radical (unpaired) electrons. The Morgan fingerprint density at radius 3 is 2.10 bits per heavy atom. The molecule has 1 fully saturated rings. The van der Waals surface area contributed by atoms with Gasteiger partial charge in [-0.25, -0.2) is 27.0 Å². The number of carboxylic acid groups (broad SMARTS) is 1. The van der Waals surface area contributed by atoms with Gasteiger partial charge in [0.25, 0.3) is 10.0 Å². The first-order valence-electron chi connectivity index (χ1n) is 11.8. The summed E-state index contributed by atoms with van der Waals surface area (Å²) in [7, 11) is -4.12. The Balaban J connectivity index is 0.00000196. The summed E-state index contributed by atoms with van der Waals surface area (Å²) in [6.45, 7) is 4.02. The molecule has 2 heterocycles. The zero-order valence-electron chi connectivity index (χ0n) is 21.6. The number of rotatable bonds is 6. The highest BCUT2D eigenvalue weighted by Crippen LogP contribution is 2.29. The van der Waals surface area contributed by atoms with Gasteiger partial charge in [0.2, 0.25) is 0 Å². The number of halogens is 5. The minimum atomic E-state index is -4.12. The maximum atomic E-state index is 13.7. The van der Waals surface area contributed by atoms with E-state index in [-0.39, 0.29) is 64.6 Å². The molecule has 0 amide bonds. The minimum Gasteiger partial charge on any atom is -0.478 e. The van der Waals surface area contributed by atoms with Crippen LogP contribution in [-0.2, 0) is 10.0 Å². The van der Waals surface area contributed by atoms with E-state index in [9.17, 15) is 27.1 Å². The van der Waals surface area contributed by atoms with Gasteiger partial charge < -0.3 is 14.9 Å². The van der Waals surface area contributed by atoms with Crippen LogP contribution in [0.4, 0.5) is 26.0 Å². The Morgan fingerprint density at radius 1 is 0.854 bits per heavy atom. The van der Waals surface area contributed by atoms with E-state index in [1.165, 1.54) is 42.5 Å². The molecule has 0 aliphatic carbocycles. The summed E-state index contributed by atoms with van der Waals surface area (Å²) in [4.78, 5) is 20.7. The monoisotopic (exact) mass is 646 g/mol. The fourth-order valence-corrected chi connectivity index (χ4v) is 5.84. The first-order chi connectivity index (χ1) is 18.1. The minimum absolute atomic E-state index is 0. The smallest absolute Gasteiger partial charge is 0.336 e. The highest BCUT2D eigenvalue weighted by Gasteiger charge is 2.23. The lowest BCUT2D eigenvalue weighted by molar-refractivity contribution is 0.0699. The van der Waals surface area contributed by atoms with Crippen LogP contribution in [0.1, 0.15) is 15.9 Å². The highest BCUT2D eigenvalue weighted by molar-refractivity contribution is 7.92. The van der Waals surface area contributed by atoms with E-state index in [2.05, 4.69) is 14.6 Å². The van der Waals surface area contributed by atoms with Crippen molar-refractivity contribution < 1.29 is 27.1 Å². The molecule has 5 rings (SSSR count). The standard InChI is InChI=1S/C27H24F2N4O4S.3ClH/c1-17-2-3-19(29)14-25(17)38(36,37)31-20-6-9-24-22(15-20)23(27(34)35)16-26(30-24)33-12-10-32(11-13-33)21-7-4-18(28)5-8-21;;;/h2-9,14-16,31H,10-13H2,1H3,(H,34,35);3*1H.